The number of benzene rings is 1. The number of carbonyl (C=O) groups excluding carboxylic acids is 1. The number of carbonyl (C=O) groups is 1. The number of hydrogen-bond acceptors (Lipinski definition) is 6. The molecule has 0 saturated heterocycles. The second kappa shape index (κ2) is 6.51. The minimum absolute atomic E-state index is 0.0892. The minimum Gasteiger partial charge on any atom is -0.459 e. The summed E-state index contributed by atoms with van der Waals surface area (Å²) < 4.78 is 10.1. The molecule has 3 heterocycles. The SMILES string of the molecule is Cn1cnc2c1c(=O)n(CC(=O)OCc1csc3ccccc13)c(=O)n2C. The average molecular weight is 384 g/mol. The molecule has 9 heteroatoms. The normalized spacial score (nSPS) is 11.3. The van der Waals surface area contributed by atoms with Crippen LogP contribution in [0.4, 0.5) is 0 Å². The van der Waals surface area contributed by atoms with Crippen LogP contribution in [-0.4, -0.2) is 24.7 Å². The maximum atomic E-state index is 12.6. The van der Waals surface area contributed by atoms with Crippen molar-refractivity contribution in [3.63, 3.8) is 0 Å². The predicted molar refractivity (Wildman–Crippen MR) is 102 cm³/mol. The van der Waals surface area contributed by atoms with Gasteiger partial charge in [-0.3, -0.25) is 14.2 Å². The quantitative estimate of drug-likeness (QED) is 0.496. The lowest BCUT2D eigenvalue weighted by atomic mass is 10.2. The zero-order valence-electron chi connectivity index (χ0n) is 14.7. The molecule has 0 unspecified atom stereocenters. The number of imidazole rings is 1. The Morgan fingerprint density at radius 2 is 2.00 bits per heavy atom. The van der Waals surface area contributed by atoms with Gasteiger partial charge in [0.2, 0.25) is 0 Å². The Balaban J connectivity index is 1.59. The highest BCUT2D eigenvalue weighted by atomic mass is 32.1. The second-order valence-electron chi connectivity index (χ2n) is 6.18. The highest BCUT2D eigenvalue weighted by molar-refractivity contribution is 7.17. The van der Waals surface area contributed by atoms with E-state index in [2.05, 4.69) is 4.98 Å². The number of thiophene rings is 1. The van der Waals surface area contributed by atoms with E-state index in [1.165, 1.54) is 22.5 Å². The molecule has 0 aliphatic heterocycles. The van der Waals surface area contributed by atoms with Gasteiger partial charge in [-0.05, 0) is 16.8 Å². The van der Waals surface area contributed by atoms with Crippen LogP contribution in [0.15, 0.2) is 45.6 Å². The van der Waals surface area contributed by atoms with E-state index in [-0.39, 0.29) is 17.8 Å². The first-order valence-corrected chi connectivity index (χ1v) is 9.07. The smallest absolute Gasteiger partial charge is 0.333 e. The third kappa shape index (κ3) is 2.85. The largest absolute Gasteiger partial charge is 0.459 e. The third-order valence-corrected chi connectivity index (χ3v) is 5.45. The molecule has 0 fully saturated rings. The first kappa shape index (κ1) is 17.2. The number of rotatable bonds is 4. The number of hydrogen-bond donors (Lipinski definition) is 0. The van der Waals surface area contributed by atoms with E-state index in [1.807, 2.05) is 29.6 Å². The van der Waals surface area contributed by atoms with Crippen LogP contribution in [-0.2, 0) is 36.8 Å². The molecule has 0 saturated carbocycles. The van der Waals surface area contributed by atoms with Crippen molar-refractivity contribution in [3.05, 3.63) is 62.4 Å². The van der Waals surface area contributed by atoms with Gasteiger partial charge in [0.1, 0.15) is 13.2 Å². The van der Waals surface area contributed by atoms with E-state index < -0.39 is 23.8 Å². The summed E-state index contributed by atoms with van der Waals surface area (Å²) in [5, 5.41) is 2.96. The molecule has 0 amide bonds. The Hall–Kier alpha value is -3.20. The van der Waals surface area contributed by atoms with Crippen LogP contribution >= 0.6 is 11.3 Å². The lowest BCUT2D eigenvalue weighted by Gasteiger charge is -2.09. The Bertz CT molecular complexity index is 1290. The van der Waals surface area contributed by atoms with Crippen LogP contribution in [0.3, 0.4) is 0 Å². The first-order valence-electron chi connectivity index (χ1n) is 8.19. The third-order valence-electron chi connectivity index (χ3n) is 4.44. The Morgan fingerprint density at radius 3 is 2.81 bits per heavy atom. The summed E-state index contributed by atoms with van der Waals surface area (Å²) in [6, 6.07) is 7.83. The van der Waals surface area contributed by atoms with Crippen molar-refractivity contribution in [2.75, 3.05) is 0 Å². The van der Waals surface area contributed by atoms with E-state index in [0.717, 1.165) is 20.2 Å². The summed E-state index contributed by atoms with van der Waals surface area (Å²) in [5.41, 5.74) is 0.261. The molecular formula is C18H16N4O4S. The maximum absolute atomic E-state index is 12.6. The highest BCUT2D eigenvalue weighted by Gasteiger charge is 2.17. The fourth-order valence-electron chi connectivity index (χ4n) is 3.01. The van der Waals surface area contributed by atoms with E-state index in [9.17, 15) is 14.4 Å². The van der Waals surface area contributed by atoms with Crippen LogP contribution in [0.2, 0.25) is 0 Å². The monoisotopic (exact) mass is 384 g/mol. The molecule has 8 nitrogen and oxygen atoms in total. The molecule has 0 aliphatic carbocycles. The Kier molecular flexibility index (Phi) is 4.15. The molecule has 0 atom stereocenters. The van der Waals surface area contributed by atoms with Gasteiger partial charge in [-0.15, -0.1) is 11.3 Å². The summed E-state index contributed by atoms with van der Waals surface area (Å²) in [7, 11) is 3.17. The molecule has 1 aromatic carbocycles. The highest BCUT2D eigenvalue weighted by Crippen LogP contribution is 2.26. The van der Waals surface area contributed by atoms with Crippen molar-refractivity contribution < 1.29 is 9.53 Å². The van der Waals surface area contributed by atoms with Crippen molar-refractivity contribution >= 4 is 38.6 Å². The fraction of sp³-hybridized carbons (Fsp3) is 0.222. The number of aromatic nitrogens is 4. The number of nitrogens with zero attached hydrogens (tertiary/aromatic N) is 4. The molecule has 0 aliphatic rings. The van der Waals surface area contributed by atoms with Gasteiger partial charge in [0.25, 0.3) is 5.56 Å². The van der Waals surface area contributed by atoms with Crippen LogP contribution in [0.25, 0.3) is 21.3 Å². The van der Waals surface area contributed by atoms with E-state index in [0.29, 0.717) is 0 Å². The van der Waals surface area contributed by atoms with Crippen LogP contribution < -0.4 is 11.2 Å². The van der Waals surface area contributed by atoms with Crippen LogP contribution in [0, 0.1) is 0 Å². The first-order chi connectivity index (χ1) is 13.0. The van der Waals surface area contributed by atoms with Gasteiger partial charge < -0.3 is 9.30 Å². The van der Waals surface area contributed by atoms with E-state index in [1.54, 1.807) is 18.4 Å². The molecule has 138 valence electrons. The molecule has 3 aromatic heterocycles. The number of aryl methyl sites for hydroxylation is 2. The molecule has 4 aromatic rings. The van der Waals surface area contributed by atoms with Gasteiger partial charge in [0, 0.05) is 24.4 Å². The molecule has 0 spiro atoms. The second-order valence-corrected chi connectivity index (χ2v) is 7.09. The minimum atomic E-state index is -0.647. The number of fused-ring (bicyclic) bond motifs is 2. The molecule has 4 rings (SSSR count). The fourth-order valence-corrected chi connectivity index (χ4v) is 3.96. The van der Waals surface area contributed by atoms with E-state index in [4.69, 9.17) is 4.74 Å². The van der Waals surface area contributed by atoms with Gasteiger partial charge in [0.15, 0.2) is 11.2 Å². The van der Waals surface area contributed by atoms with Crippen molar-refractivity contribution in [3.8, 4) is 0 Å². The molecule has 0 bridgehead atoms. The zero-order chi connectivity index (χ0) is 19.1. The molecule has 0 N–H and O–H groups in total. The number of esters is 1. The molecular weight excluding hydrogens is 368 g/mol. The van der Waals surface area contributed by atoms with Crippen molar-refractivity contribution in [2.24, 2.45) is 14.1 Å². The van der Waals surface area contributed by atoms with Crippen LogP contribution in [0.1, 0.15) is 5.56 Å². The van der Waals surface area contributed by atoms with Crippen molar-refractivity contribution in [2.45, 2.75) is 13.2 Å². The lowest BCUT2D eigenvalue weighted by molar-refractivity contribution is -0.145. The summed E-state index contributed by atoms with van der Waals surface area (Å²) >= 11 is 1.57. The van der Waals surface area contributed by atoms with Crippen molar-refractivity contribution in [1.29, 1.82) is 0 Å². The average Bonchev–Trinajstić information content (AvgIpc) is 3.25. The maximum Gasteiger partial charge on any atom is 0.333 e. The Labute approximate surface area is 156 Å². The van der Waals surface area contributed by atoms with Gasteiger partial charge in [0.05, 0.1) is 6.33 Å². The van der Waals surface area contributed by atoms with Crippen molar-refractivity contribution in [1.82, 2.24) is 18.7 Å². The van der Waals surface area contributed by atoms with Crippen LogP contribution in [0.5, 0.6) is 0 Å². The Morgan fingerprint density at radius 1 is 1.22 bits per heavy atom. The lowest BCUT2D eigenvalue weighted by Crippen LogP contribution is -2.41. The summed E-state index contributed by atoms with van der Waals surface area (Å²) in [4.78, 5) is 41.4. The number of ether oxygens (including phenoxy) is 1. The predicted octanol–water partition coefficient (Wildman–Crippen LogP) is 1.39. The van der Waals surface area contributed by atoms with Gasteiger partial charge in [-0.25, -0.2) is 14.3 Å². The van der Waals surface area contributed by atoms with E-state index >= 15 is 0 Å². The standard InChI is InChI=1S/C18H16N4O4S/c1-20-10-19-16-15(20)17(24)22(18(25)21(16)2)7-14(23)26-8-11-9-27-13-6-4-3-5-12(11)13/h3-6,9-10H,7-8H2,1-2H3. The molecule has 27 heavy (non-hydrogen) atoms. The van der Waals surface area contributed by atoms with Gasteiger partial charge in [-0.2, -0.15) is 0 Å². The zero-order valence-corrected chi connectivity index (χ0v) is 15.5. The summed E-state index contributed by atoms with van der Waals surface area (Å²) in [6.07, 6.45) is 1.45. The van der Waals surface area contributed by atoms with Gasteiger partial charge >= 0.3 is 11.7 Å². The summed E-state index contributed by atoms with van der Waals surface area (Å²) in [6.45, 7) is -0.361. The topological polar surface area (TPSA) is 88.1 Å². The van der Waals surface area contributed by atoms with Gasteiger partial charge in [-0.1, -0.05) is 18.2 Å². The molecule has 0 radical (unpaired) electrons. The summed E-state index contributed by atoms with van der Waals surface area (Å²) in [5.74, 6) is -0.647.